The number of amides is 1. The average molecular weight is 268 g/mol. The van der Waals surface area contributed by atoms with Gasteiger partial charge in [-0.05, 0) is 37.5 Å². The van der Waals surface area contributed by atoms with Crippen LogP contribution in [-0.2, 0) is 4.79 Å². The number of carboxylic acid groups (broad SMARTS) is 1. The number of carbonyl (C=O) groups is 2. The van der Waals surface area contributed by atoms with Gasteiger partial charge in [0.15, 0.2) is 0 Å². The Morgan fingerprint density at radius 1 is 1.44 bits per heavy atom. The Balaban J connectivity index is 2.31. The Morgan fingerprint density at radius 2 is 2.17 bits per heavy atom. The Labute approximate surface area is 110 Å². The second-order valence-electron chi connectivity index (χ2n) is 4.41. The van der Waals surface area contributed by atoms with Crippen LogP contribution in [0.25, 0.3) is 0 Å². The van der Waals surface area contributed by atoms with E-state index in [1.54, 1.807) is 25.1 Å². The first-order chi connectivity index (χ1) is 8.52. The van der Waals surface area contributed by atoms with E-state index < -0.39 is 12.0 Å². The molecule has 0 spiro atoms. The Bertz CT molecular complexity index is 501. The lowest BCUT2D eigenvalue weighted by Gasteiger charge is -2.22. The quantitative estimate of drug-likeness (QED) is 0.895. The molecule has 1 fully saturated rings. The van der Waals surface area contributed by atoms with E-state index in [1.165, 1.54) is 4.90 Å². The van der Waals surface area contributed by atoms with E-state index in [2.05, 4.69) is 0 Å². The largest absolute Gasteiger partial charge is 0.480 e. The van der Waals surface area contributed by atoms with Gasteiger partial charge in [0.1, 0.15) is 6.04 Å². The molecule has 5 heteroatoms. The van der Waals surface area contributed by atoms with Crippen LogP contribution < -0.4 is 0 Å². The highest BCUT2D eigenvalue weighted by atomic mass is 35.5. The van der Waals surface area contributed by atoms with Crippen LogP contribution in [0.4, 0.5) is 0 Å². The molecule has 0 saturated carbocycles. The molecule has 96 valence electrons. The SMILES string of the molecule is Cc1c(Cl)cccc1C(=O)N1CCC[C@@H]1C(=O)O. The minimum atomic E-state index is -0.944. The van der Waals surface area contributed by atoms with Gasteiger partial charge in [0, 0.05) is 17.1 Å². The molecule has 1 aromatic carbocycles. The molecule has 1 N–H and O–H groups in total. The van der Waals surface area contributed by atoms with Crippen LogP contribution in [0.15, 0.2) is 18.2 Å². The summed E-state index contributed by atoms with van der Waals surface area (Å²) in [6, 6.07) is 4.39. The second kappa shape index (κ2) is 4.98. The second-order valence-corrected chi connectivity index (χ2v) is 4.81. The number of rotatable bonds is 2. The molecule has 0 unspecified atom stereocenters. The van der Waals surface area contributed by atoms with Crippen molar-refractivity contribution in [3.8, 4) is 0 Å². The lowest BCUT2D eigenvalue weighted by atomic mass is 10.1. The maximum atomic E-state index is 12.3. The van der Waals surface area contributed by atoms with Gasteiger partial charge in [-0.25, -0.2) is 4.79 Å². The van der Waals surface area contributed by atoms with Gasteiger partial charge in [0.2, 0.25) is 0 Å². The number of hydrogen-bond donors (Lipinski definition) is 1. The van der Waals surface area contributed by atoms with Crippen LogP contribution in [-0.4, -0.2) is 34.5 Å². The predicted molar refractivity (Wildman–Crippen MR) is 67.9 cm³/mol. The summed E-state index contributed by atoms with van der Waals surface area (Å²) in [5, 5.41) is 9.60. The molecule has 1 aliphatic rings. The maximum Gasteiger partial charge on any atom is 0.326 e. The van der Waals surface area contributed by atoms with Gasteiger partial charge in [0.05, 0.1) is 0 Å². The van der Waals surface area contributed by atoms with Crippen molar-refractivity contribution in [2.24, 2.45) is 0 Å². The molecule has 1 atom stereocenters. The number of halogens is 1. The third-order valence-electron chi connectivity index (χ3n) is 3.30. The molecule has 18 heavy (non-hydrogen) atoms. The van der Waals surface area contributed by atoms with Gasteiger partial charge in [0.25, 0.3) is 5.91 Å². The molecule has 0 aliphatic carbocycles. The molecular weight excluding hydrogens is 254 g/mol. The number of aliphatic carboxylic acids is 1. The van der Waals surface area contributed by atoms with E-state index in [0.717, 1.165) is 6.42 Å². The summed E-state index contributed by atoms with van der Waals surface area (Å²) in [5.41, 5.74) is 1.18. The van der Waals surface area contributed by atoms with Crippen molar-refractivity contribution in [2.45, 2.75) is 25.8 Å². The zero-order valence-corrected chi connectivity index (χ0v) is 10.8. The van der Waals surface area contributed by atoms with Crippen LogP contribution in [0, 0.1) is 6.92 Å². The minimum Gasteiger partial charge on any atom is -0.480 e. The van der Waals surface area contributed by atoms with Gasteiger partial charge in [-0.1, -0.05) is 17.7 Å². The summed E-state index contributed by atoms with van der Waals surface area (Å²) >= 11 is 5.98. The Kier molecular flexibility index (Phi) is 3.57. The number of likely N-dealkylation sites (tertiary alicyclic amines) is 1. The molecule has 1 saturated heterocycles. The molecule has 1 amide bonds. The van der Waals surface area contributed by atoms with Crippen molar-refractivity contribution >= 4 is 23.5 Å². The molecule has 0 radical (unpaired) electrons. The molecular formula is C13H14ClNO3. The van der Waals surface area contributed by atoms with Crippen LogP contribution in [0.3, 0.4) is 0 Å². The van der Waals surface area contributed by atoms with E-state index >= 15 is 0 Å². The highest BCUT2D eigenvalue weighted by Gasteiger charge is 2.34. The first-order valence-electron chi connectivity index (χ1n) is 5.81. The number of nitrogens with zero attached hydrogens (tertiary/aromatic N) is 1. The topological polar surface area (TPSA) is 57.6 Å². The fourth-order valence-corrected chi connectivity index (χ4v) is 2.43. The summed E-state index contributed by atoms with van der Waals surface area (Å²) < 4.78 is 0. The summed E-state index contributed by atoms with van der Waals surface area (Å²) in [6.07, 6.45) is 1.24. The van der Waals surface area contributed by atoms with Crippen molar-refractivity contribution in [3.05, 3.63) is 34.3 Å². The van der Waals surface area contributed by atoms with Crippen LogP contribution in [0.2, 0.25) is 5.02 Å². The lowest BCUT2D eigenvalue weighted by Crippen LogP contribution is -2.40. The van der Waals surface area contributed by atoms with Gasteiger partial charge < -0.3 is 10.0 Å². The fourth-order valence-electron chi connectivity index (χ4n) is 2.26. The minimum absolute atomic E-state index is 0.250. The predicted octanol–water partition coefficient (Wildman–Crippen LogP) is 2.34. The summed E-state index contributed by atoms with van der Waals surface area (Å²) in [4.78, 5) is 24.8. The zero-order valence-electron chi connectivity index (χ0n) is 10.0. The van der Waals surface area contributed by atoms with Crippen molar-refractivity contribution in [1.29, 1.82) is 0 Å². The van der Waals surface area contributed by atoms with E-state index in [9.17, 15) is 9.59 Å². The standard InChI is InChI=1S/C13H14ClNO3/c1-8-9(4-2-5-10(8)14)12(16)15-7-3-6-11(15)13(17)18/h2,4-5,11H,3,6-7H2,1H3,(H,17,18)/t11-/m1/s1. The molecule has 1 aromatic rings. The van der Waals surface area contributed by atoms with Crippen LogP contribution >= 0.6 is 11.6 Å². The Morgan fingerprint density at radius 3 is 2.83 bits per heavy atom. The summed E-state index contributed by atoms with van der Waals surface area (Å²) in [6.45, 7) is 2.25. The number of carbonyl (C=O) groups excluding carboxylic acids is 1. The Hall–Kier alpha value is -1.55. The molecule has 0 aromatic heterocycles. The number of carboxylic acids is 1. The monoisotopic (exact) mass is 267 g/mol. The molecule has 1 aliphatic heterocycles. The first-order valence-corrected chi connectivity index (χ1v) is 6.19. The summed E-state index contributed by atoms with van der Waals surface area (Å²) in [5.74, 6) is -1.19. The van der Waals surface area contributed by atoms with E-state index in [0.29, 0.717) is 29.1 Å². The highest BCUT2D eigenvalue weighted by Crippen LogP contribution is 2.24. The highest BCUT2D eigenvalue weighted by molar-refractivity contribution is 6.31. The summed E-state index contributed by atoms with van der Waals surface area (Å²) in [7, 11) is 0. The first kappa shape index (κ1) is 12.9. The van der Waals surface area contributed by atoms with Gasteiger partial charge in [-0.2, -0.15) is 0 Å². The van der Waals surface area contributed by atoms with Crippen molar-refractivity contribution in [1.82, 2.24) is 4.90 Å². The van der Waals surface area contributed by atoms with Gasteiger partial charge in [-0.15, -0.1) is 0 Å². The van der Waals surface area contributed by atoms with Gasteiger partial charge >= 0.3 is 5.97 Å². The third-order valence-corrected chi connectivity index (χ3v) is 3.71. The van der Waals surface area contributed by atoms with Crippen molar-refractivity contribution in [2.75, 3.05) is 6.54 Å². The van der Waals surface area contributed by atoms with E-state index in [4.69, 9.17) is 16.7 Å². The third kappa shape index (κ3) is 2.20. The van der Waals surface area contributed by atoms with Crippen molar-refractivity contribution < 1.29 is 14.7 Å². The maximum absolute atomic E-state index is 12.3. The molecule has 4 nitrogen and oxygen atoms in total. The molecule has 0 bridgehead atoms. The lowest BCUT2D eigenvalue weighted by molar-refractivity contribution is -0.141. The average Bonchev–Trinajstić information content (AvgIpc) is 2.81. The van der Waals surface area contributed by atoms with Crippen LogP contribution in [0.1, 0.15) is 28.8 Å². The number of benzene rings is 1. The fraction of sp³-hybridized carbons (Fsp3) is 0.385. The molecule has 1 heterocycles. The van der Waals surface area contributed by atoms with Crippen LogP contribution in [0.5, 0.6) is 0 Å². The van der Waals surface area contributed by atoms with E-state index in [-0.39, 0.29) is 5.91 Å². The normalized spacial score (nSPS) is 19.0. The zero-order chi connectivity index (χ0) is 13.3. The van der Waals surface area contributed by atoms with E-state index in [1.807, 2.05) is 0 Å². The van der Waals surface area contributed by atoms with Crippen molar-refractivity contribution in [3.63, 3.8) is 0 Å². The molecule has 2 rings (SSSR count). The number of hydrogen-bond acceptors (Lipinski definition) is 2. The van der Waals surface area contributed by atoms with Gasteiger partial charge in [-0.3, -0.25) is 4.79 Å². The smallest absolute Gasteiger partial charge is 0.326 e.